The molecule has 1 nitrogen and oxygen atoms in total. The molecule has 1 rings (SSSR count). The maximum Gasteiger partial charge on any atom is 0.00172 e. The molecule has 1 aromatic rings. The van der Waals surface area contributed by atoms with Crippen LogP contribution in [0.15, 0.2) is 24.3 Å². The van der Waals surface area contributed by atoms with Gasteiger partial charge in [0.05, 0.1) is 0 Å². The van der Waals surface area contributed by atoms with Crippen molar-refractivity contribution in [1.82, 2.24) is 5.32 Å². The summed E-state index contributed by atoms with van der Waals surface area (Å²) in [6.45, 7) is 7.90. The highest BCUT2D eigenvalue weighted by Gasteiger charge is 2.13. The number of rotatable bonds is 6. The Labute approximate surface area is 100 Å². The van der Waals surface area contributed by atoms with Crippen LogP contribution in [0, 0.1) is 12.8 Å². The first-order chi connectivity index (χ1) is 7.65. The second-order valence-electron chi connectivity index (χ2n) is 5.08. The monoisotopic (exact) mass is 219 g/mol. The number of likely N-dealkylation sites (N-methyl/N-ethyl adjacent to an activating group) is 1. The topological polar surface area (TPSA) is 12.0 Å². The van der Waals surface area contributed by atoms with Crippen LogP contribution in [-0.2, 0) is 0 Å². The molecule has 0 aliphatic heterocycles. The van der Waals surface area contributed by atoms with E-state index in [9.17, 15) is 0 Å². The fourth-order valence-corrected chi connectivity index (χ4v) is 2.19. The van der Waals surface area contributed by atoms with Gasteiger partial charge in [0.2, 0.25) is 0 Å². The van der Waals surface area contributed by atoms with Gasteiger partial charge in [0.1, 0.15) is 0 Å². The number of hydrogen-bond donors (Lipinski definition) is 1. The van der Waals surface area contributed by atoms with Crippen molar-refractivity contribution in [2.45, 2.75) is 39.5 Å². The van der Waals surface area contributed by atoms with E-state index in [1.165, 1.54) is 24.0 Å². The third-order valence-corrected chi connectivity index (χ3v) is 3.17. The van der Waals surface area contributed by atoms with Crippen molar-refractivity contribution in [3.05, 3.63) is 35.4 Å². The molecular weight excluding hydrogens is 194 g/mol. The van der Waals surface area contributed by atoms with Gasteiger partial charge in [-0.25, -0.2) is 0 Å². The lowest BCUT2D eigenvalue weighted by atomic mass is 9.89. The normalized spacial score (nSPS) is 13.1. The van der Waals surface area contributed by atoms with Crippen molar-refractivity contribution in [1.29, 1.82) is 0 Å². The third-order valence-electron chi connectivity index (χ3n) is 3.17. The quantitative estimate of drug-likeness (QED) is 0.768. The minimum absolute atomic E-state index is 0.661. The molecule has 0 aromatic heterocycles. The van der Waals surface area contributed by atoms with Crippen molar-refractivity contribution in [2.75, 3.05) is 13.6 Å². The Kier molecular flexibility index (Phi) is 5.54. The molecule has 1 N–H and O–H groups in total. The molecule has 0 heterocycles. The zero-order chi connectivity index (χ0) is 12.0. The van der Waals surface area contributed by atoms with Crippen molar-refractivity contribution >= 4 is 0 Å². The summed E-state index contributed by atoms with van der Waals surface area (Å²) in [6, 6.07) is 8.77. The molecule has 16 heavy (non-hydrogen) atoms. The SMILES string of the molecule is CNCC(CCC(C)C)c1ccccc1C. The molecule has 0 amide bonds. The average Bonchev–Trinajstić information content (AvgIpc) is 2.25. The highest BCUT2D eigenvalue weighted by Crippen LogP contribution is 2.25. The lowest BCUT2D eigenvalue weighted by Gasteiger charge is -2.20. The van der Waals surface area contributed by atoms with E-state index in [0.717, 1.165) is 12.5 Å². The van der Waals surface area contributed by atoms with E-state index in [2.05, 4.69) is 50.4 Å². The second kappa shape index (κ2) is 6.70. The molecule has 0 aliphatic carbocycles. The van der Waals surface area contributed by atoms with E-state index in [1.807, 2.05) is 7.05 Å². The van der Waals surface area contributed by atoms with Gasteiger partial charge in [0.25, 0.3) is 0 Å². The predicted molar refractivity (Wildman–Crippen MR) is 71.9 cm³/mol. The van der Waals surface area contributed by atoms with Gasteiger partial charge in [0.15, 0.2) is 0 Å². The van der Waals surface area contributed by atoms with Crippen LogP contribution >= 0.6 is 0 Å². The Balaban J connectivity index is 2.73. The van der Waals surface area contributed by atoms with Gasteiger partial charge in [-0.15, -0.1) is 0 Å². The maximum absolute atomic E-state index is 3.32. The molecule has 0 bridgehead atoms. The highest BCUT2D eigenvalue weighted by atomic mass is 14.8. The maximum atomic E-state index is 3.32. The summed E-state index contributed by atoms with van der Waals surface area (Å²) in [6.07, 6.45) is 2.59. The largest absolute Gasteiger partial charge is 0.319 e. The van der Waals surface area contributed by atoms with E-state index in [0.29, 0.717) is 5.92 Å². The van der Waals surface area contributed by atoms with Gasteiger partial charge in [-0.05, 0) is 43.4 Å². The Morgan fingerprint density at radius 1 is 1.12 bits per heavy atom. The number of aryl methyl sites for hydroxylation is 1. The summed E-state index contributed by atoms with van der Waals surface area (Å²) >= 11 is 0. The minimum atomic E-state index is 0.661. The number of nitrogens with one attached hydrogen (secondary N) is 1. The van der Waals surface area contributed by atoms with Gasteiger partial charge in [-0.1, -0.05) is 44.5 Å². The van der Waals surface area contributed by atoms with Gasteiger partial charge in [-0.3, -0.25) is 0 Å². The molecule has 1 aromatic carbocycles. The summed E-state index contributed by atoms with van der Waals surface area (Å²) < 4.78 is 0. The fourth-order valence-electron chi connectivity index (χ4n) is 2.19. The Bertz CT molecular complexity index is 304. The van der Waals surface area contributed by atoms with Crippen LogP contribution in [0.4, 0.5) is 0 Å². The first kappa shape index (κ1) is 13.2. The Hall–Kier alpha value is -0.820. The summed E-state index contributed by atoms with van der Waals surface area (Å²) in [7, 11) is 2.04. The number of benzene rings is 1. The lowest BCUT2D eigenvalue weighted by Crippen LogP contribution is -2.18. The second-order valence-corrected chi connectivity index (χ2v) is 5.08. The molecule has 0 fully saturated rings. The third kappa shape index (κ3) is 3.97. The first-order valence-electron chi connectivity index (χ1n) is 6.35. The molecule has 1 atom stereocenters. The van der Waals surface area contributed by atoms with Crippen LogP contribution in [0.3, 0.4) is 0 Å². The molecule has 1 unspecified atom stereocenters. The van der Waals surface area contributed by atoms with Crippen LogP contribution in [0.25, 0.3) is 0 Å². The van der Waals surface area contributed by atoms with E-state index in [1.54, 1.807) is 0 Å². The highest BCUT2D eigenvalue weighted by molar-refractivity contribution is 5.29. The summed E-state index contributed by atoms with van der Waals surface area (Å²) in [5.74, 6) is 1.46. The van der Waals surface area contributed by atoms with Crippen LogP contribution in [0.1, 0.15) is 43.7 Å². The van der Waals surface area contributed by atoms with E-state index in [4.69, 9.17) is 0 Å². The van der Waals surface area contributed by atoms with Gasteiger partial charge < -0.3 is 5.32 Å². The van der Waals surface area contributed by atoms with E-state index in [-0.39, 0.29) is 0 Å². The summed E-state index contributed by atoms with van der Waals surface area (Å²) in [5.41, 5.74) is 2.93. The van der Waals surface area contributed by atoms with Crippen LogP contribution in [0.2, 0.25) is 0 Å². The molecular formula is C15H25N. The average molecular weight is 219 g/mol. The molecule has 0 radical (unpaired) electrons. The standard InChI is InChI=1S/C15H25N/c1-12(2)9-10-14(11-16-4)15-8-6-5-7-13(15)3/h5-8,12,14,16H,9-11H2,1-4H3. The van der Waals surface area contributed by atoms with Crippen molar-refractivity contribution in [3.63, 3.8) is 0 Å². The molecule has 90 valence electrons. The van der Waals surface area contributed by atoms with E-state index < -0.39 is 0 Å². The van der Waals surface area contributed by atoms with Gasteiger partial charge in [0, 0.05) is 6.54 Å². The molecule has 0 saturated carbocycles. The van der Waals surface area contributed by atoms with Crippen molar-refractivity contribution < 1.29 is 0 Å². The molecule has 0 aliphatic rings. The Morgan fingerprint density at radius 2 is 1.81 bits per heavy atom. The van der Waals surface area contributed by atoms with Gasteiger partial charge in [-0.2, -0.15) is 0 Å². The molecule has 0 spiro atoms. The lowest BCUT2D eigenvalue weighted by molar-refractivity contribution is 0.486. The zero-order valence-electron chi connectivity index (χ0n) is 11.1. The fraction of sp³-hybridized carbons (Fsp3) is 0.600. The summed E-state index contributed by atoms with van der Waals surface area (Å²) in [5, 5.41) is 3.32. The Morgan fingerprint density at radius 3 is 2.38 bits per heavy atom. The smallest absolute Gasteiger partial charge is 0.00172 e. The van der Waals surface area contributed by atoms with Crippen LogP contribution in [0.5, 0.6) is 0 Å². The first-order valence-corrected chi connectivity index (χ1v) is 6.35. The van der Waals surface area contributed by atoms with Crippen LogP contribution < -0.4 is 5.32 Å². The van der Waals surface area contributed by atoms with Crippen molar-refractivity contribution in [2.24, 2.45) is 5.92 Å². The zero-order valence-corrected chi connectivity index (χ0v) is 11.1. The predicted octanol–water partition coefficient (Wildman–Crippen LogP) is 3.73. The van der Waals surface area contributed by atoms with Gasteiger partial charge >= 0.3 is 0 Å². The minimum Gasteiger partial charge on any atom is -0.319 e. The summed E-state index contributed by atoms with van der Waals surface area (Å²) in [4.78, 5) is 0. The van der Waals surface area contributed by atoms with Crippen molar-refractivity contribution in [3.8, 4) is 0 Å². The van der Waals surface area contributed by atoms with E-state index >= 15 is 0 Å². The molecule has 0 saturated heterocycles. The number of hydrogen-bond acceptors (Lipinski definition) is 1. The molecule has 1 heteroatoms. The van der Waals surface area contributed by atoms with Crippen LogP contribution in [-0.4, -0.2) is 13.6 Å².